The molecule has 0 bridgehead atoms. The average Bonchev–Trinajstić information content (AvgIpc) is 2.94. The van der Waals surface area contributed by atoms with Crippen LogP contribution in [-0.4, -0.2) is 59.1 Å². The van der Waals surface area contributed by atoms with Gasteiger partial charge in [-0.2, -0.15) is 0 Å². The molecule has 23 heavy (non-hydrogen) atoms. The Balaban J connectivity index is 0. The van der Waals surface area contributed by atoms with Crippen molar-refractivity contribution in [3.05, 3.63) is 0 Å². The standard InChI is InChI=1S/C10H20O5.C6H14.C2H6/c1-6(12)9-3-10(7(2)15-9)14-5-8(13)4-11;1-3-5-6-4-2;1-2/h6-13H,3-5H2,1-2H3;3-6H2,1-2H3;1-2H3. The van der Waals surface area contributed by atoms with Gasteiger partial charge in [0.15, 0.2) is 0 Å². The average molecular weight is 337 g/mol. The quantitative estimate of drug-likeness (QED) is 0.594. The summed E-state index contributed by atoms with van der Waals surface area (Å²) in [5, 5.41) is 27.1. The Morgan fingerprint density at radius 3 is 2.00 bits per heavy atom. The maximum absolute atomic E-state index is 9.34. The van der Waals surface area contributed by atoms with Crippen LogP contribution in [0.2, 0.25) is 0 Å². The molecular weight excluding hydrogens is 296 g/mol. The summed E-state index contributed by atoms with van der Waals surface area (Å²) in [5.74, 6) is 0. The highest BCUT2D eigenvalue weighted by Crippen LogP contribution is 2.25. The van der Waals surface area contributed by atoms with E-state index in [1.807, 2.05) is 20.8 Å². The lowest BCUT2D eigenvalue weighted by molar-refractivity contribution is -0.0615. The lowest BCUT2D eigenvalue weighted by Crippen LogP contribution is -2.28. The van der Waals surface area contributed by atoms with Gasteiger partial charge in [-0.15, -0.1) is 0 Å². The van der Waals surface area contributed by atoms with Crippen molar-refractivity contribution in [3.8, 4) is 0 Å². The summed E-state index contributed by atoms with van der Waals surface area (Å²) in [5.41, 5.74) is 0. The molecule has 1 saturated heterocycles. The fourth-order valence-corrected chi connectivity index (χ4v) is 2.14. The molecule has 1 heterocycles. The van der Waals surface area contributed by atoms with E-state index in [4.69, 9.17) is 19.7 Å². The van der Waals surface area contributed by atoms with E-state index >= 15 is 0 Å². The molecule has 5 nitrogen and oxygen atoms in total. The van der Waals surface area contributed by atoms with Crippen LogP contribution in [-0.2, 0) is 9.47 Å². The second kappa shape index (κ2) is 16.7. The Hall–Kier alpha value is -0.200. The predicted octanol–water partition coefficient (Wildman–Crippen LogP) is 2.90. The number of hydrogen-bond donors (Lipinski definition) is 3. The van der Waals surface area contributed by atoms with Gasteiger partial charge in [0.05, 0.1) is 37.6 Å². The highest BCUT2D eigenvalue weighted by molar-refractivity contribution is 4.83. The van der Waals surface area contributed by atoms with Crippen molar-refractivity contribution >= 4 is 0 Å². The minimum atomic E-state index is -0.845. The molecule has 5 unspecified atom stereocenters. The summed E-state index contributed by atoms with van der Waals surface area (Å²) in [7, 11) is 0. The smallest absolute Gasteiger partial charge is 0.100 e. The van der Waals surface area contributed by atoms with Crippen LogP contribution in [0.15, 0.2) is 0 Å². The van der Waals surface area contributed by atoms with Gasteiger partial charge in [-0.1, -0.05) is 53.4 Å². The van der Waals surface area contributed by atoms with E-state index in [9.17, 15) is 5.11 Å². The third-order valence-electron chi connectivity index (χ3n) is 3.59. The van der Waals surface area contributed by atoms with Crippen molar-refractivity contribution in [2.24, 2.45) is 0 Å². The molecule has 0 saturated carbocycles. The third kappa shape index (κ3) is 12.8. The van der Waals surface area contributed by atoms with Gasteiger partial charge in [0, 0.05) is 6.42 Å². The Morgan fingerprint density at radius 1 is 1.13 bits per heavy atom. The molecule has 3 N–H and O–H groups in total. The number of rotatable bonds is 8. The van der Waals surface area contributed by atoms with Crippen molar-refractivity contribution in [2.75, 3.05) is 13.2 Å². The van der Waals surface area contributed by atoms with Crippen LogP contribution in [0.1, 0.15) is 73.6 Å². The highest BCUT2D eigenvalue weighted by atomic mass is 16.6. The van der Waals surface area contributed by atoms with Gasteiger partial charge < -0.3 is 24.8 Å². The fraction of sp³-hybridized carbons (Fsp3) is 1.00. The number of aliphatic hydroxyl groups excluding tert-OH is 3. The molecule has 0 spiro atoms. The van der Waals surface area contributed by atoms with E-state index < -0.39 is 12.2 Å². The Labute approximate surface area is 143 Å². The zero-order valence-electron chi connectivity index (χ0n) is 16.0. The monoisotopic (exact) mass is 336 g/mol. The van der Waals surface area contributed by atoms with E-state index in [1.165, 1.54) is 25.7 Å². The van der Waals surface area contributed by atoms with Crippen molar-refractivity contribution in [1.29, 1.82) is 0 Å². The van der Waals surface area contributed by atoms with E-state index in [1.54, 1.807) is 6.92 Å². The predicted molar refractivity (Wildman–Crippen MR) is 94.6 cm³/mol. The zero-order chi connectivity index (χ0) is 18.3. The van der Waals surface area contributed by atoms with Gasteiger partial charge in [0.25, 0.3) is 0 Å². The summed E-state index contributed by atoms with van der Waals surface area (Å²) in [6, 6.07) is 0. The lowest BCUT2D eigenvalue weighted by atomic mass is 10.1. The molecule has 1 aliphatic rings. The minimum absolute atomic E-state index is 0.0875. The SMILES string of the molecule is CC.CC(O)C1CC(OCC(O)CO)C(C)O1.CCCCCC. The lowest BCUT2D eigenvalue weighted by Gasteiger charge is -2.16. The molecule has 0 aliphatic carbocycles. The Bertz CT molecular complexity index is 231. The summed E-state index contributed by atoms with van der Waals surface area (Å²) < 4.78 is 10.9. The van der Waals surface area contributed by atoms with Crippen molar-refractivity contribution < 1.29 is 24.8 Å². The van der Waals surface area contributed by atoms with Crippen LogP contribution < -0.4 is 0 Å². The number of unbranched alkanes of at least 4 members (excludes halogenated alkanes) is 3. The Kier molecular flexibility index (Phi) is 18.1. The molecule has 0 aromatic heterocycles. The minimum Gasteiger partial charge on any atom is -0.394 e. The number of hydrogen-bond acceptors (Lipinski definition) is 5. The first-order valence-corrected chi connectivity index (χ1v) is 9.20. The van der Waals surface area contributed by atoms with E-state index in [2.05, 4.69) is 13.8 Å². The van der Waals surface area contributed by atoms with Gasteiger partial charge >= 0.3 is 0 Å². The zero-order valence-corrected chi connectivity index (χ0v) is 16.0. The number of aliphatic hydroxyl groups is 3. The summed E-state index contributed by atoms with van der Waals surface area (Å²) in [4.78, 5) is 0. The molecule has 0 amide bonds. The van der Waals surface area contributed by atoms with E-state index in [0.717, 1.165) is 0 Å². The van der Waals surface area contributed by atoms with Gasteiger partial charge in [0.2, 0.25) is 0 Å². The third-order valence-corrected chi connectivity index (χ3v) is 3.59. The van der Waals surface area contributed by atoms with Crippen LogP contribution in [0, 0.1) is 0 Å². The summed E-state index contributed by atoms with van der Waals surface area (Å²) in [6.07, 6.45) is 4.40. The molecule has 0 aromatic rings. The molecule has 5 atom stereocenters. The fourth-order valence-electron chi connectivity index (χ4n) is 2.14. The molecule has 142 valence electrons. The van der Waals surface area contributed by atoms with Crippen LogP contribution >= 0.6 is 0 Å². The van der Waals surface area contributed by atoms with Crippen molar-refractivity contribution in [2.45, 2.75) is 104 Å². The van der Waals surface area contributed by atoms with Crippen LogP contribution in [0.3, 0.4) is 0 Å². The second-order valence-electron chi connectivity index (χ2n) is 5.77. The first-order valence-electron chi connectivity index (χ1n) is 9.20. The molecule has 1 fully saturated rings. The largest absolute Gasteiger partial charge is 0.394 e. The molecule has 1 aliphatic heterocycles. The van der Waals surface area contributed by atoms with E-state index in [0.29, 0.717) is 6.42 Å². The normalized spacial score (nSPS) is 25.7. The van der Waals surface area contributed by atoms with Gasteiger partial charge in [0.1, 0.15) is 6.10 Å². The number of ether oxygens (including phenoxy) is 2. The first-order chi connectivity index (χ1) is 11.0. The molecular formula is C18H40O5. The Morgan fingerprint density at radius 2 is 1.65 bits per heavy atom. The van der Waals surface area contributed by atoms with Crippen LogP contribution in [0.4, 0.5) is 0 Å². The molecule has 0 aromatic carbocycles. The van der Waals surface area contributed by atoms with E-state index in [-0.39, 0.29) is 31.5 Å². The van der Waals surface area contributed by atoms with Crippen molar-refractivity contribution in [3.63, 3.8) is 0 Å². The topological polar surface area (TPSA) is 79.2 Å². The first kappa shape index (κ1) is 25.0. The maximum Gasteiger partial charge on any atom is 0.100 e. The highest BCUT2D eigenvalue weighted by Gasteiger charge is 2.35. The summed E-state index contributed by atoms with van der Waals surface area (Å²) in [6.45, 7) is 11.8. The van der Waals surface area contributed by atoms with Crippen LogP contribution in [0.5, 0.6) is 0 Å². The van der Waals surface area contributed by atoms with Crippen molar-refractivity contribution in [1.82, 2.24) is 0 Å². The molecule has 0 radical (unpaired) electrons. The van der Waals surface area contributed by atoms with Gasteiger partial charge in [-0.25, -0.2) is 0 Å². The second-order valence-corrected chi connectivity index (χ2v) is 5.77. The molecule has 5 heteroatoms. The van der Waals surface area contributed by atoms with Gasteiger partial charge in [-0.05, 0) is 13.8 Å². The maximum atomic E-state index is 9.34. The van der Waals surface area contributed by atoms with Crippen LogP contribution in [0.25, 0.3) is 0 Å². The molecule has 1 rings (SSSR count). The van der Waals surface area contributed by atoms with Gasteiger partial charge in [-0.3, -0.25) is 0 Å². The summed E-state index contributed by atoms with van der Waals surface area (Å²) >= 11 is 0.